The van der Waals surface area contributed by atoms with Crippen molar-refractivity contribution in [2.24, 2.45) is 0 Å². The Hall–Kier alpha value is -8.47. The summed E-state index contributed by atoms with van der Waals surface area (Å²) in [7, 11) is 0. The second-order valence-corrected chi connectivity index (χ2v) is 15.9. The van der Waals surface area contributed by atoms with Gasteiger partial charge in [-0.15, -0.1) is 0 Å². The lowest BCUT2D eigenvalue weighted by atomic mass is 9.91. The van der Waals surface area contributed by atoms with Crippen LogP contribution in [0.15, 0.2) is 229 Å². The molecule has 0 N–H and O–H groups in total. The van der Waals surface area contributed by atoms with E-state index in [2.05, 4.69) is 194 Å². The van der Waals surface area contributed by atoms with Crippen molar-refractivity contribution in [3.05, 3.63) is 224 Å². The fraction of sp³-hybridized carbons (Fsp3) is 0. The molecule has 0 bridgehead atoms. The topological polar surface area (TPSA) is 51.8 Å². The highest BCUT2D eigenvalue weighted by Gasteiger charge is 2.18. The van der Waals surface area contributed by atoms with E-state index in [9.17, 15) is 0 Å². The van der Waals surface area contributed by atoms with E-state index < -0.39 is 0 Å². The molecule has 0 unspecified atom stereocenters. The van der Waals surface area contributed by atoms with Gasteiger partial charge >= 0.3 is 0 Å². The molecule has 0 aliphatic rings. The zero-order valence-electron chi connectivity index (χ0n) is 34.1. The molecule has 294 valence electrons. The van der Waals surface area contributed by atoms with Gasteiger partial charge in [-0.1, -0.05) is 212 Å². The largest absolute Gasteiger partial charge is 0.455 e. The molecule has 0 aliphatic heterocycles. The normalized spacial score (nSPS) is 11.5. The summed E-state index contributed by atoms with van der Waals surface area (Å²) in [5.74, 6) is 0.677. The lowest BCUT2D eigenvalue weighted by Gasteiger charge is -2.16. The van der Waals surface area contributed by atoms with Crippen molar-refractivity contribution < 1.29 is 4.42 Å². The van der Waals surface area contributed by atoms with Crippen molar-refractivity contribution in [1.29, 1.82) is 0 Å². The fourth-order valence-electron chi connectivity index (χ4n) is 9.06. The van der Waals surface area contributed by atoms with Crippen LogP contribution in [-0.4, -0.2) is 15.0 Å². The first-order valence-electron chi connectivity index (χ1n) is 21.3. The van der Waals surface area contributed by atoms with Gasteiger partial charge in [-0.2, -0.15) is 0 Å². The Morgan fingerprint density at radius 2 is 0.778 bits per heavy atom. The SMILES string of the molecule is c1ccc(-c2nc(-c3ccc(-c4cccc5c4nc(-c4ccccc4)c4cccc(-c6ccccc6)c45)cc3)cc(-c3ccc(-c4cccc5c4oc4ccccc45)cc3)n2)cc1. The molecule has 0 radical (unpaired) electrons. The van der Waals surface area contributed by atoms with Crippen LogP contribution in [0.25, 0.3) is 122 Å². The number of nitrogens with zero attached hydrogens (tertiary/aromatic N) is 3. The minimum absolute atomic E-state index is 0.677. The summed E-state index contributed by atoms with van der Waals surface area (Å²) in [4.78, 5) is 15.8. The number of furan rings is 1. The highest BCUT2D eigenvalue weighted by Crippen LogP contribution is 2.42. The number of aromatic nitrogens is 3. The van der Waals surface area contributed by atoms with Gasteiger partial charge in [0, 0.05) is 60.3 Å². The second kappa shape index (κ2) is 15.2. The highest BCUT2D eigenvalue weighted by atomic mass is 16.3. The molecule has 9 aromatic carbocycles. The second-order valence-electron chi connectivity index (χ2n) is 15.9. The van der Waals surface area contributed by atoms with Crippen molar-refractivity contribution in [1.82, 2.24) is 15.0 Å². The quantitative estimate of drug-likeness (QED) is 0.151. The van der Waals surface area contributed by atoms with Gasteiger partial charge in [0.25, 0.3) is 0 Å². The molecule has 63 heavy (non-hydrogen) atoms. The van der Waals surface area contributed by atoms with Crippen LogP contribution in [0.5, 0.6) is 0 Å². The average molecular weight is 804 g/mol. The van der Waals surface area contributed by atoms with Gasteiger partial charge in [-0.3, -0.25) is 0 Å². The maximum absolute atomic E-state index is 6.38. The molecule has 12 rings (SSSR count). The molecule has 4 heteroatoms. The molecule has 3 heterocycles. The van der Waals surface area contributed by atoms with Crippen molar-refractivity contribution in [2.75, 3.05) is 0 Å². The summed E-state index contributed by atoms with van der Waals surface area (Å²) in [5, 5.41) is 5.70. The van der Waals surface area contributed by atoms with E-state index in [-0.39, 0.29) is 0 Å². The van der Waals surface area contributed by atoms with Crippen molar-refractivity contribution in [3.8, 4) is 78.5 Å². The number of para-hydroxylation sites is 3. The van der Waals surface area contributed by atoms with Gasteiger partial charge in [0.1, 0.15) is 11.2 Å². The van der Waals surface area contributed by atoms with Crippen LogP contribution in [-0.2, 0) is 0 Å². The summed E-state index contributed by atoms with van der Waals surface area (Å²) >= 11 is 0. The molecule has 0 amide bonds. The molecule has 12 aromatic rings. The third kappa shape index (κ3) is 6.44. The smallest absolute Gasteiger partial charge is 0.160 e. The van der Waals surface area contributed by atoms with Gasteiger partial charge < -0.3 is 4.42 Å². The van der Waals surface area contributed by atoms with Crippen LogP contribution in [0.2, 0.25) is 0 Å². The van der Waals surface area contributed by atoms with Crippen LogP contribution >= 0.6 is 0 Å². The molecule has 3 aromatic heterocycles. The first-order chi connectivity index (χ1) is 31.2. The Labute approximate surface area is 364 Å². The standard InChI is InChI=1S/C59H37N3O/c1-4-15-38(16-5-1)45-22-12-26-50-55(45)51-27-13-23-46(57(51)62-56(50)43-17-6-2-7-18-43)39-29-33-41(34-30-39)52-37-53(61-59(60-52)44-19-8-3-9-20-44)42-35-31-40(32-36-42)47-24-14-25-49-48-21-10-11-28-54(48)63-58(47)49/h1-37H. The van der Waals surface area contributed by atoms with E-state index in [4.69, 9.17) is 19.4 Å². The molecule has 0 atom stereocenters. The van der Waals surface area contributed by atoms with E-state index in [1.807, 2.05) is 30.3 Å². The predicted octanol–water partition coefficient (Wildman–Crippen LogP) is 15.7. The number of hydrogen-bond donors (Lipinski definition) is 0. The lowest BCUT2D eigenvalue weighted by molar-refractivity contribution is 0.670. The molecule has 0 saturated carbocycles. The van der Waals surface area contributed by atoms with Crippen LogP contribution < -0.4 is 0 Å². The summed E-state index contributed by atoms with van der Waals surface area (Å²) < 4.78 is 6.38. The van der Waals surface area contributed by atoms with Gasteiger partial charge in [0.2, 0.25) is 0 Å². The molecular weight excluding hydrogens is 767 g/mol. The Bertz CT molecular complexity index is 3640. The third-order valence-corrected chi connectivity index (χ3v) is 12.1. The Morgan fingerprint density at radius 1 is 0.302 bits per heavy atom. The number of rotatable bonds is 7. The molecular formula is C59H37N3O. The lowest BCUT2D eigenvalue weighted by Crippen LogP contribution is -1.96. The minimum Gasteiger partial charge on any atom is -0.455 e. The van der Waals surface area contributed by atoms with Crippen molar-refractivity contribution in [2.45, 2.75) is 0 Å². The van der Waals surface area contributed by atoms with E-state index in [0.29, 0.717) is 5.82 Å². The molecule has 0 spiro atoms. The molecule has 0 aliphatic carbocycles. The maximum atomic E-state index is 6.38. The van der Waals surface area contributed by atoms with E-state index in [1.165, 1.54) is 16.5 Å². The molecule has 4 nitrogen and oxygen atoms in total. The van der Waals surface area contributed by atoms with E-state index in [1.54, 1.807) is 0 Å². The Balaban J connectivity index is 0.958. The zero-order chi connectivity index (χ0) is 41.7. The summed E-state index contributed by atoms with van der Waals surface area (Å²) in [6.45, 7) is 0. The van der Waals surface area contributed by atoms with Crippen LogP contribution in [0, 0.1) is 0 Å². The first-order valence-corrected chi connectivity index (χ1v) is 21.3. The number of pyridine rings is 1. The van der Waals surface area contributed by atoms with E-state index in [0.717, 1.165) is 99.8 Å². The minimum atomic E-state index is 0.677. The summed E-state index contributed by atoms with van der Waals surface area (Å²) in [6, 6.07) is 78.5. The van der Waals surface area contributed by atoms with Crippen molar-refractivity contribution >= 4 is 43.6 Å². The Morgan fingerprint density at radius 3 is 1.44 bits per heavy atom. The number of hydrogen-bond acceptors (Lipinski definition) is 4. The molecule has 0 fully saturated rings. The van der Waals surface area contributed by atoms with Crippen molar-refractivity contribution in [3.63, 3.8) is 0 Å². The monoisotopic (exact) mass is 803 g/mol. The van der Waals surface area contributed by atoms with Gasteiger partial charge in [0.05, 0.1) is 22.6 Å². The van der Waals surface area contributed by atoms with Crippen LogP contribution in [0.3, 0.4) is 0 Å². The summed E-state index contributed by atoms with van der Waals surface area (Å²) in [6.07, 6.45) is 0. The predicted molar refractivity (Wildman–Crippen MR) is 260 cm³/mol. The van der Waals surface area contributed by atoms with Crippen LogP contribution in [0.1, 0.15) is 0 Å². The average Bonchev–Trinajstić information content (AvgIpc) is 3.76. The van der Waals surface area contributed by atoms with E-state index >= 15 is 0 Å². The van der Waals surface area contributed by atoms with Gasteiger partial charge in [0.15, 0.2) is 5.82 Å². The third-order valence-electron chi connectivity index (χ3n) is 12.1. The zero-order valence-corrected chi connectivity index (χ0v) is 34.1. The molecule has 0 saturated heterocycles. The fourth-order valence-corrected chi connectivity index (χ4v) is 9.06. The van der Waals surface area contributed by atoms with Gasteiger partial charge in [-0.05, 0) is 34.4 Å². The number of benzene rings is 9. The first kappa shape index (κ1) is 36.4. The van der Waals surface area contributed by atoms with Crippen LogP contribution in [0.4, 0.5) is 0 Å². The Kier molecular flexibility index (Phi) is 8.79. The maximum Gasteiger partial charge on any atom is 0.160 e. The number of fused-ring (bicyclic) bond motifs is 6. The van der Waals surface area contributed by atoms with Gasteiger partial charge in [-0.25, -0.2) is 15.0 Å². The highest BCUT2D eigenvalue weighted by molar-refractivity contribution is 6.19. The summed E-state index contributed by atoms with van der Waals surface area (Å²) in [5.41, 5.74) is 16.2.